The van der Waals surface area contributed by atoms with Gasteiger partial charge in [-0.3, -0.25) is 4.90 Å². The second-order valence-electron chi connectivity index (χ2n) is 5.64. The fourth-order valence-corrected chi connectivity index (χ4v) is 4.05. The first kappa shape index (κ1) is 10.5. The molecule has 0 N–H and O–H groups in total. The molecule has 2 heterocycles. The van der Waals surface area contributed by atoms with Crippen molar-refractivity contribution in [2.75, 3.05) is 25.0 Å². The van der Waals surface area contributed by atoms with Gasteiger partial charge in [0.1, 0.15) is 0 Å². The van der Waals surface area contributed by atoms with Crippen molar-refractivity contribution in [1.29, 1.82) is 0 Å². The molecule has 0 amide bonds. The highest BCUT2D eigenvalue weighted by molar-refractivity contribution is 9.09. The fraction of sp³-hybridized carbons (Fsp3) is 1.00. The van der Waals surface area contributed by atoms with Gasteiger partial charge in [0.2, 0.25) is 0 Å². The number of alkyl halides is 1. The molecular weight excluding hydrogens is 254 g/mol. The zero-order chi connectivity index (χ0) is 10.3. The highest BCUT2D eigenvalue weighted by Crippen LogP contribution is 2.43. The van der Waals surface area contributed by atoms with Crippen molar-refractivity contribution < 1.29 is 4.74 Å². The third-order valence-electron chi connectivity index (χ3n) is 4.38. The summed E-state index contributed by atoms with van der Waals surface area (Å²) in [7, 11) is 0. The number of morpholine rings is 1. The van der Waals surface area contributed by atoms with E-state index < -0.39 is 0 Å². The largest absolute Gasteiger partial charge is 0.372 e. The standard InChI is InChI=1S/C12H20BrNO/c13-8-12(4-1-5-12)9-14-6-10-2-3-11(7-14)15-10/h10-11H,1-9H2. The molecule has 0 aromatic heterocycles. The summed E-state index contributed by atoms with van der Waals surface area (Å²) in [6.07, 6.45) is 7.97. The van der Waals surface area contributed by atoms with Gasteiger partial charge in [-0.25, -0.2) is 0 Å². The van der Waals surface area contributed by atoms with E-state index in [0.29, 0.717) is 17.6 Å². The van der Waals surface area contributed by atoms with Gasteiger partial charge in [-0.05, 0) is 31.1 Å². The first-order valence-corrected chi connectivity index (χ1v) is 7.36. The first-order chi connectivity index (χ1) is 7.30. The molecule has 2 unspecified atom stereocenters. The van der Waals surface area contributed by atoms with Crippen molar-refractivity contribution in [3.8, 4) is 0 Å². The average Bonchev–Trinajstić information content (AvgIpc) is 2.52. The Morgan fingerprint density at radius 1 is 1.20 bits per heavy atom. The Hall–Kier alpha value is 0.400. The van der Waals surface area contributed by atoms with Crippen LogP contribution in [-0.2, 0) is 4.74 Å². The molecule has 0 aromatic carbocycles. The number of halogens is 1. The van der Waals surface area contributed by atoms with Crippen LogP contribution in [-0.4, -0.2) is 42.1 Å². The van der Waals surface area contributed by atoms with Crippen LogP contribution < -0.4 is 0 Å². The third kappa shape index (κ3) is 1.98. The quantitative estimate of drug-likeness (QED) is 0.733. The number of fused-ring (bicyclic) bond motifs is 2. The molecule has 0 aromatic rings. The monoisotopic (exact) mass is 273 g/mol. The summed E-state index contributed by atoms with van der Waals surface area (Å²) in [5.74, 6) is 0. The van der Waals surface area contributed by atoms with Crippen LogP contribution in [0.1, 0.15) is 32.1 Å². The van der Waals surface area contributed by atoms with Gasteiger partial charge >= 0.3 is 0 Å². The van der Waals surface area contributed by atoms with Crippen molar-refractivity contribution in [2.24, 2.45) is 5.41 Å². The lowest BCUT2D eigenvalue weighted by Crippen LogP contribution is -2.50. The van der Waals surface area contributed by atoms with E-state index in [9.17, 15) is 0 Å². The predicted octanol–water partition coefficient (Wildman–Crippen LogP) is 2.41. The topological polar surface area (TPSA) is 12.5 Å². The van der Waals surface area contributed by atoms with Crippen LogP contribution in [0, 0.1) is 5.41 Å². The van der Waals surface area contributed by atoms with E-state index in [-0.39, 0.29) is 0 Å². The van der Waals surface area contributed by atoms with E-state index in [1.165, 1.54) is 57.1 Å². The lowest BCUT2D eigenvalue weighted by Gasteiger charge is -2.46. The zero-order valence-electron chi connectivity index (χ0n) is 9.25. The number of nitrogens with zero attached hydrogens (tertiary/aromatic N) is 1. The molecule has 3 aliphatic rings. The van der Waals surface area contributed by atoms with Gasteiger partial charge in [-0.15, -0.1) is 0 Å². The zero-order valence-corrected chi connectivity index (χ0v) is 10.8. The molecule has 15 heavy (non-hydrogen) atoms. The summed E-state index contributed by atoms with van der Waals surface area (Å²) in [6, 6.07) is 0. The maximum absolute atomic E-state index is 5.87. The highest BCUT2D eigenvalue weighted by Gasteiger charge is 2.41. The lowest BCUT2D eigenvalue weighted by molar-refractivity contribution is -0.0562. The molecular formula is C12H20BrNO. The Balaban J connectivity index is 1.59. The molecule has 2 atom stereocenters. The number of ether oxygens (including phenoxy) is 1. The molecule has 86 valence electrons. The highest BCUT2D eigenvalue weighted by atomic mass is 79.9. The molecule has 0 spiro atoms. The van der Waals surface area contributed by atoms with Crippen molar-refractivity contribution in [3.63, 3.8) is 0 Å². The van der Waals surface area contributed by atoms with Crippen LogP contribution >= 0.6 is 15.9 Å². The van der Waals surface area contributed by atoms with E-state index >= 15 is 0 Å². The minimum Gasteiger partial charge on any atom is -0.372 e. The van der Waals surface area contributed by atoms with E-state index in [4.69, 9.17) is 4.74 Å². The maximum Gasteiger partial charge on any atom is 0.0707 e. The van der Waals surface area contributed by atoms with Gasteiger partial charge in [0.15, 0.2) is 0 Å². The first-order valence-electron chi connectivity index (χ1n) is 6.23. The fourth-order valence-electron chi connectivity index (χ4n) is 3.31. The van der Waals surface area contributed by atoms with Crippen LogP contribution in [0.5, 0.6) is 0 Å². The molecule has 2 aliphatic heterocycles. The SMILES string of the molecule is BrCC1(CN2CC3CCC(C2)O3)CCC1. The van der Waals surface area contributed by atoms with E-state index in [0.717, 1.165) is 0 Å². The minimum atomic E-state index is 0.552. The molecule has 3 fully saturated rings. The number of hydrogen-bond donors (Lipinski definition) is 0. The van der Waals surface area contributed by atoms with Gasteiger partial charge in [0, 0.05) is 25.0 Å². The van der Waals surface area contributed by atoms with Crippen LogP contribution in [0.4, 0.5) is 0 Å². The second kappa shape index (κ2) is 4.01. The van der Waals surface area contributed by atoms with Gasteiger partial charge in [-0.1, -0.05) is 22.4 Å². The second-order valence-corrected chi connectivity index (χ2v) is 6.20. The Morgan fingerprint density at radius 2 is 1.87 bits per heavy atom. The van der Waals surface area contributed by atoms with E-state index in [2.05, 4.69) is 20.8 Å². The number of hydrogen-bond acceptors (Lipinski definition) is 2. The molecule has 0 radical (unpaired) electrons. The summed E-state index contributed by atoms with van der Waals surface area (Å²) in [4.78, 5) is 2.66. The van der Waals surface area contributed by atoms with Gasteiger partial charge in [-0.2, -0.15) is 0 Å². The van der Waals surface area contributed by atoms with E-state index in [1.807, 2.05) is 0 Å². The van der Waals surface area contributed by atoms with Crippen molar-refractivity contribution in [1.82, 2.24) is 4.90 Å². The van der Waals surface area contributed by atoms with Crippen LogP contribution in [0.2, 0.25) is 0 Å². The molecule has 2 nitrogen and oxygen atoms in total. The van der Waals surface area contributed by atoms with Crippen molar-refractivity contribution >= 4 is 15.9 Å². The predicted molar refractivity (Wildman–Crippen MR) is 64.4 cm³/mol. The molecule has 1 aliphatic carbocycles. The van der Waals surface area contributed by atoms with Gasteiger partial charge < -0.3 is 4.74 Å². The molecule has 2 saturated heterocycles. The summed E-state index contributed by atoms with van der Waals surface area (Å²) in [6.45, 7) is 3.67. The molecule has 3 rings (SSSR count). The lowest BCUT2D eigenvalue weighted by atomic mass is 9.70. The summed E-state index contributed by atoms with van der Waals surface area (Å²) in [5.41, 5.74) is 0.608. The van der Waals surface area contributed by atoms with E-state index in [1.54, 1.807) is 0 Å². The number of likely N-dealkylation sites (tertiary alicyclic amines) is 1. The third-order valence-corrected chi connectivity index (χ3v) is 5.57. The number of rotatable bonds is 3. The van der Waals surface area contributed by atoms with Crippen LogP contribution in [0.3, 0.4) is 0 Å². The average molecular weight is 274 g/mol. The van der Waals surface area contributed by atoms with Crippen LogP contribution in [0.15, 0.2) is 0 Å². The van der Waals surface area contributed by atoms with Gasteiger partial charge in [0.05, 0.1) is 12.2 Å². The smallest absolute Gasteiger partial charge is 0.0707 e. The van der Waals surface area contributed by atoms with Crippen molar-refractivity contribution in [3.05, 3.63) is 0 Å². The summed E-state index contributed by atoms with van der Waals surface area (Å²) >= 11 is 3.70. The molecule has 2 bridgehead atoms. The van der Waals surface area contributed by atoms with Gasteiger partial charge in [0.25, 0.3) is 0 Å². The summed E-state index contributed by atoms with van der Waals surface area (Å²) < 4.78 is 5.87. The summed E-state index contributed by atoms with van der Waals surface area (Å²) in [5, 5.41) is 1.19. The Bertz CT molecular complexity index is 224. The normalized spacial score (nSPS) is 39.0. The van der Waals surface area contributed by atoms with Crippen LogP contribution in [0.25, 0.3) is 0 Å². The van der Waals surface area contributed by atoms with Crippen molar-refractivity contribution in [2.45, 2.75) is 44.3 Å². The minimum absolute atomic E-state index is 0.552. The maximum atomic E-state index is 5.87. The Labute approximate surface area is 100 Å². The molecule has 3 heteroatoms. The Kier molecular flexibility index (Phi) is 2.82. The molecule has 1 saturated carbocycles. The Morgan fingerprint density at radius 3 is 2.33 bits per heavy atom.